The van der Waals surface area contributed by atoms with Crippen molar-refractivity contribution in [3.05, 3.63) is 107 Å². The second-order valence-electron chi connectivity index (χ2n) is 6.52. The Labute approximate surface area is 181 Å². The number of nitrogens with one attached hydrogen (secondary N) is 2. The highest BCUT2D eigenvalue weighted by Crippen LogP contribution is 2.23. The maximum atomic E-state index is 13.1. The van der Waals surface area contributed by atoms with Crippen molar-refractivity contribution in [3.8, 4) is 0 Å². The molecular formula is C24H17BrN2O3. The summed E-state index contributed by atoms with van der Waals surface area (Å²) in [4.78, 5) is 25.6. The third kappa shape index (κ3) is 4.50. The van der Waals surface area contributed by atoms with Gasteiger partial charge in [-0.2, -0.15) is 0 Å². The lowest BCUT2D eigenvalue weighted by atomic mass is 10.1. The van der Waals surface area contributed by atoms with E-state index < -0.39 is 11.8 Å². The van der Waals surface area contributed by atoms with Crippen LogP contribution in [0, 0.1) is 0 Å². The summed E-state index contributed by atoms with van der Waals surface area (Å²) >= 11 is 3.39. The summed E-state index contributed by atoms with van der Waals surface area (Å²) in [6.07, 6.45) is 3.02. The molecule has 2 amide bonds. The van der Waals surface area contributed by atoms with Crippen LogP contribution in [-0.2, 0) is 4.79 Å². The molecule has 5 nitrogen and oxygen atoms in total. The van der Waals surface area contributed by atoms with E-state index in [1.54, 1.807) is 12.1 Å². The second kappa shape index (κ2) is 8.80. The summed E-state index contributed by atoms with van der Waals surface area (Å²) in [6.45, 7) is 0. The Morgan fingerprint density at radius 1 is 0.867 bits per heavy atom. The number of carbonyl (C=O) groups excluding carboxylic acids is 2. The van der Waals surface area contributed by atoms with Gasteiger partial charge < -0.3 is 15.1 Å². The van der Waals surface area contributed by atoms with Crippen LogP contribution < -0.4 is 10.6 Å². The van der Waals surface area contributed by atoms with E-state index in [0.29, 0.717) is 5.69 Å². The number of amides is 2. The van der Waals surface area contributed by atoms with Gasteiger partial charge in [0.15, 0.2) is 5.76 Å². The molecule has 0 saturated carbocycles. The van der Waals surface area contributed by atoms with Gasteiger partial charge in [-0.05, 0) is 47.4 Å². The number of furan rings is 1. The number of anilines is 1. The minimum Gasteiger partial charge on any atom is -0.459 e. The molecule has 148 valence electrons. The maximum Gasteiger partial charge on any atom is 0.291 e. The largest absolute Gasteiger partial charge is 0.459 e. The van der Waals surface area contributed by atoms with Gasteiger partial charge in [0, 0.05) is 15.5 Å². The third-order valence-electron chi connectivity index (χ3n) is 4.46. The van der Waals surface area contributed by atoms with Gasteiger partial charge in [-0.15, -0.1) is 0 Å². The quantitative estimate of drug-likeness (QED) is 0.380. The van der Waals surface area contributed by atoms with Crippen LogP contribution in [0.15, 0.2) is 99.7 Å². The SMILES string of the molecule is O=C(Nc1cccc2ccccc12)C(=Cc1ccc(Br)cc1)NC(=O)c1ccco1. The molecule has 0 atom stereocenters. The summed E-state index contributed by atoms with van der Waals surface area (Å²) in [7, 11) is 0. The Balaban J connectivity index is 1.66. The van der Waals surface area contributed by atoms with Gasteiger partial charge in [0.25, 0.3) is 11.8 Å². The molecule has 0 unspecified atom stereocenters. The number of hydrogen-bond acceptors (Lipinski definition) is 3. The molecule has 0 aliphatic rings. The summed E-state index contributed by atoms with van der Waals surface area (Å²) < 4.78 is 6.06. The predicted molar refractivity (Wildman–Crippen MR) is 121 cm³/mol. The lowest BCUT2D eigenvalue weighted by Gasteiger charge is -2.12. The molecule has 4 aromatic rings. The zero-order valence-corrected chi connectivity index (χ0v) is 17.3. The number of fused-ring (bicyclic) bond motifs is 1. The standard InChI is InChI=1S/C24H17BrN2O3/c25-18-12-10-16(11-13-18)15-21(27-24(29)22-9-4-14-30-22)23(28)26-20-8-3-6-17-5-1-2-7-19(17)20/h1-15H,(H,26,28)(H,27,29). The van der Waals surface area contributed by atoms with Crippen molar-refractivity contribution < 1.29 is 14.0 Å². The van der Waals surface area contributed by atoms with Gasteiger partial charge >= 0.3 is 0 Å². The van der Waals surface area contributed by atoms with Crippen LogP contribution in [0.25, 0.3) is 16.8 Å². The molecule has 0 radical (unpaired) electrons. The fourth-order valence-electron chi connectivity index (χ4n) is 3.00. The fourth-order valence-corrected chi connectivity index (χ4v) is 3.26. The van der Waals surface area contributed by atoms with Crippen LogP contribution in [0.2, 0.25) is 0 Å². The van der Waals surface area contributed by atoms with E-state index in [0.717, 1.165) is 20.8 Å². The van der Waals surface area contributed by atoms with Crippen molar-refractivity contribution in [2.45, 2.75) is 0 Å². The average Bonchev–Trinajstić information content (AvgIpc) is 3.30. The Kier molecular flexibility index (Phi) is 5.77. The Hall–Kier alpha value is -3.64. The van der Waals surface area contributed by atoms with Gasteiger partial charge in [-0.25, -0.2) is 0 Å². The molecule has 1 heterocycles. The molecule has 2 N–H and O–H groups in total. The van der Waals surface area contributed by atoms with E-state index >= 15 is 0 Å². The number of rotatable bonds is 5. The monoisotopic (exact) mass is 460 g/mol. The Morgan fingerprint density at radius 2 is 1.63 bits per heavy atom. The van der Waals surface area contributed by atoms with Gasteiger partial charge in [-0.1, -0.05) is 64.5 Å². The third-order valence-corrected chi connectivity index (χ3v) is 4.99. The minimum atomic E-state index is -0.503. The van der Waals surface area contributed by atoms with E-state index in [9.17, 15) is 9.59 Å². The van der Waals surface area contributed by atoms with Crippen molar-refractivity contribution in [2.24, 2.45) is 0 Å². The van der Waals surface area contributed by atoms with E-state index in [1.165, 1.54) is 12.3 Å². The van der Waals surface area contributed by atoms with Crippen LogP contribution in [-0.4, -0.2) is 11.8 Å². The van der Waals surface area contributed by atoms with Gasteiger partial charge in [-0.3, -0.25) is 9.59 Å². The number of halogens is 1. The molecule has 0 aliphatic heterocycles. The first-order valence-corrected chi connectivity index (χ1v) is 10.0. The Morgan fingerprint density at radius 3 is 2.40 bits per heavy atom. The van der Waals surface area contributed by atoms with Crippen LogP contribution in [0.5, 0.6) is 0 Å². The van der Waals surface area contributed by atoms with Gasteiger partial charge in [0.1, 0.15) is 5.70 Å². The summed E-state index contributed by atoms with van der Waals surface area (Å²) in [5.41, 5.74) is 1.53. The molecule has 0 aliphatic carbocycles. The summed E-state index contributed by atoms with van der Waals surface area (Å²) in [5.74, 6) is -0.819. The Bertz CT molecular complexity index is 1220. The zero-order valence-electron chi connectivity index (χ0n) is 15.8. The molecule has 0 bridgehead atoms. The molecule has 0 spiro atoms. The first kappa shape index (κ1) is 19.7. The van der Waals surface area contributed by atoms with Crippen molar-refractivity contribution in [1.29, 1.82) is 0 Å². The molecule has 0 fully saturated rings. The van der Waals surface area contributed by atoms with Crippen LogP contribution in [0.3, 0.4) is 0 Å². The number of hydrogen-bond donors (Lipinski definition) is 2. The van der Waals surface area contributed by atoms with Gasteiger partial charge in [0.05, 0.1) is 6.26 Å². The summed E-state index contributed by atoms with van der Waals surface area (Å²) in [6, 6.07) is 24.0. The normalized spacial score (nSPS) is 11.3. The second-order valence-corrected chi connectivity index (χ2v) is 7.44. The van der Waals surface area contributed by atoms with Crippen molar-refractivity contribution in [2.75, 3.05) is 5.32 Å². The van der Waals surface area contributed by atoms with E-state index in [-0.39, 0.29) is 11.5 Å². The molecule has 3 aromatic carbocycles. The molecule has 30 heavy (non-hydrogen) atoms. The molecule has 6 heteroatoms. The molecule has 0 saturated heterocycles. The lowest BCUT2D eigenvalue weighted by Crippen LogP contribution is -2.30. The van der Waals surface area contributed by atoms with Crippen LogP contribution in [0.4, 0.5) is 5.69 Å². The van der Waals surface area contributed by atoms with Crippen molar-refractivity contribution in [3.63, 3.8) is 0 Å². The smallest absolute Gasteiger partial charge is 0.291 e. The number of carbonyl (C=O) groups is 2. The topological polar surface area (TPSA) is 71.3 Å². The van der Waals surface area contributed by atoms with Crippen LogP contribution in [0.1, 0.15) is 16.1 Å². The molecular weight excluding hydrogens is 444 g/mol. The van der Waals surface area contributed by atoms with Crippen molar-refractivity contribution in [1.82, 2.24) is 5.32 Å². The maximum absolute atomic E-state index is 13.1. The van der Waals surface area contributed by atoms with Gasteiger partial charge in [0.2, 0.25) is 0 Å². The predicted octanol–water partition coefficient (Wildman–Crippen LogP) is 5.60. The van der Waals surface area contributed by atoms with E-state index in [1.807, 2.05) is 66.7 Å². The fraction of sp³-hybridized carbons (Fsp3) is 0. The van der Waals surface area contributed by atoms with E-state index in [2.05, 4.69) is 26.6 Å². The van der Waals surface area contributed by atoms with Crippen molar-refractivity contribution >= 4 is 50.3 Å². The van der Waals surface area contributed by atoms with Crippen LogP contribution >= 0.6 is 15.9 Å². The first-order valence-electron chi connectivity index (χ1n) is 9.21. The average molecular weight is 461 g/mol. The zero-order chi connectivity index (χ0) is 20.9. The highest BCUT2D eigenvalue weighted by molar-refractivity contribution is 9.10. The first-order chi connectivity index (χ1) is 14.6. The molecule has 4 rings (SSSR count). The van der Waals surface area contributed by atoms with E-state index in [4.69, 9.17) is 4.42 Å². The lowest BCUT2D eigenvalue weighted by molar-refractivity contribution is -0.113. The molecule has 1 aromatic heterocycles. The highest BCUT2D eigenvalue weighted by Gasteiger charge is 2.17. The highest BCUT2D eigenvalue weighted by atomic mass is 79.9. The minimum absolute atomic E-state index is 0.103. The number of benzene rings is 3. The summed E-state index contributed by atoms with van der Waals surface area (Å²) in [5, 5.41) is 7.48.